The minimum absolute atomic E-state index is 0.0290. The zero-order valence-corrected chi connectivity index (χ0v) is 7.52. The van der Waals surface area contributed by atoms with Crippen LogP contribution in [0.1, 0.15) is 10.5 Å². The highest BCUT2D eigenvalue weighted by molar-refractivity contribution is 6.39. The summed E-state index contributed by atoms with van der Waals surface area (Å²) in [4.78, 5) is 30.8. The molecule has 3 N–H and O–H groups in total. The highest BCUT2D eigenvalue weighted by atomic mass is 16.4. The number of rotatable bonds is 3. The van der Waals surface area contributed by atoms with E-state index in [-0.39, 0.29) is 5.69 Å². The van der Waals surface area contributed by atoms with Crippen molar-refractivity contribution in [2.24, 2.45) is 0 Å². The van der Waals surface area contributed by atoms with E-state index in [1.54, 1.807) is 18.5 Å². The van der Waals surface area contributed by atoms with E-state index in [1.807, 2.05) is 0 Å². The second kappa shape index (κ2) is 3.41. The number of carbonyl (C=O) groups is 2. The van der Waals surface area contributed by atoms with E-state index in [9.17, 15) is 9.59 Å². The molecule has 0 aliphatic heterocycles. The van der Waals surface area contributed by atoms with Crippen LogP contribution in [0.5, 0.6) is 0 Å². The Bertz CT molecular complexity index is 498. The smallest absolute Gasteiger partial charge is 0.378 e. The molecule has 6 heteroatoms. The Kier molecular flexibility index (Phi) is 2.09. The molecule has 0 aliphatic carbocycles. The van der Waals surface area contributed by atoms with Gasteiger partial charge < -0.3 is 15.1 Å². The summed E-state index contributed by atoms with van der Waals surface area (Å²) < 4.78 is 0. The number of carboxylic acid groups (broad SMARTS) is 1. The summed E-state index contributed by atoms with van der Waals surface area (Å²) in [6, 6.07) is 1.76. The number of aromatic amines is 2. The van der Waals surface area contributed by atoms with Crippen molar-refractivity contribution in [3.63, 3.8) is 0 Å². The Morgan fingerprint density at radius 2 is 2.20 bits per heavy atom. The van der Waals surface area contributed by atoms with Crippen molar-refractivity contribution in [2.75, 3.05) is 0 Å². The Hall–Kier alpha value is -2.37. The molecule has 0 saturated carbocycles. The maximum absolute atomic E-state index is 11.0. The van der Waals surface area contributed by atoms with Gasteiger partial charge in [0.15, 0.2) is 0 Å². The number of H-pyrrole nitrogens is 2. The van der Waals surface area contributed by atoms with Crippen molar-refractivity contribution in [2.45, 2.75) is 0 Å². The number of aliphatic carboxylic acids is 1. The first-order chi connectivity index (χ1) is 7.18. The van der Waals surface area contributed by atoms with Crippen LogP contribution in [0.3, 0.4) is 0 Å². The molecule has 0 amide bonds. The molecule has 0 fully saturated rings. The van der Waals surface area contributed by atoms with Gasteiger partial charge in [-0.3, -0.25) is 4.79 Å². The monoisotopic (exact) mass is 205 g/mol. The molecular weight excluding hydrogens is 198 g/mol. The fraction of sp³-hybridized carbons (Fsp3) is 0. The molecule has 6 nitrogen and oxygen atoms in total. The van der Waals surface area contributed by atoms with Gasteiger partial charge in [0.1, 0.15) is 11.5 Å². The maximum Gasteiger partial charge on any atom is 0.378 e. The van der Waals surface area contributed by atoms with Gasteiger partial charge in [-0.15, -0.1) is 0 Å². The lowest BCUT2D eigenvalue weighted by Gasteiger charge is -1.90. The van der Waals surface area contributed by atoms with Crippen LogP contribution >= 0.6 is 0 Å². The van der Waals surface area contributed by atoms with Crippen molar-refractivity contribution in [3.8, 4) is 11.4 Å². The molecular formula is C9H7N3O3. The van der Waals surface area contributed by atoms with Gasteiger partial charge in [0.05, 0.1) is 6.20 Å². The van der Waals surface area contributed by atoms with Crippen molar-refractivity contribution >= 4 is 11.8 Å². The summed E-state index contributed by atoms with van der Waals surface area (Å²) in [5, 5.41) is 8.47. The minimum atomic E-state index is -1.50. The number of carboxylic acids is 1. The summed E-state index contributed by atoms with van der Waals surface area (Å²) >= 11 is 0. The SMILES string of the molecule is O=C(O)C(=O)c1cnc(-c2cc[nH]c2)[nH]1. The van der Waals surface area contributed by atoms with Crippen LogP contribution in [0.4, 0.5) is 0 Å². The fourth-order valence-electron chi connectivity index (χ4n) is 1.17. The van der Waals surface area contributed by atoms with Crippen LogP contribution in [-0.2, 0) is 4.79 Å². The molecule has 0 bridgehead atoms. The highest BCUT2D eigenvalue weighted by Gasteiger charge is 2.17. The summed E-state index contributed by atoms with van der Waals surface area (Å²) in [6.45, 7) is 0. The summed E-state index contributed by atoms with van der Waals surface area (Å²) in [5.74, 6) is -2.04. The van der Waals surface area contributed by atoms with Crippen LogP contribution in [-0.4, -0.2) is 31.8 Å². The van der Waals surface area contributed by atoms with Crippen LogP contribution in [0, 0.1) is 0 Å². The Balaban J connectivity index is 2.33. The summed E-state index contributed by atoms with van der Waals surface area (Å²) in [7, 11) is 0. The molecule has 0 aliphatic rings. The molecule has 0 radical (unpaired) electrons. The molecule has 0 unspecified atom stereocenters. The number of Topliss-reactive ketones (excluding diaryl/α,β-unsaturated/α-hetero) is 1. The maximum atomic E-state index is 11.0. The van der Waals surface area contributed by atoms with Gasteiger partial charge in [-0.1, -0.05) is 0 Å². The van der Waals surface area contributed by atoms with Crippen molar-refractivity contribution in [3.05, 3.63) is 30.4 Å². The predicted molar refractivity (Wildman–Crippen MR) is 50.3 cm³/mol. The zero-order chi connectivity index (χ0) is 10.8. The quantitative estimate of drug-likeness (QED) is 0.506. The van der Waals surface area contributed by atoms with Gasteiger partial charge in [-0.25, -0.2) is 9.78 Å². The van der Waals surface area contributed by atoms with Crippen LogP contribution in [0.25, 0.3) is 11.4 Å². The first kappa shape index (κ1) is 9.20. The Labute approximate surface area is 84.0 Å². The van der Waals surface area contributed by atoms with Gasteiger partial charge in [-0.05, 0) is 6.07 Å². The Morgan fingerprint density at radius 1 is 1.40 bits per heavy atom. The molecule has 0 aromatic carbocycles. The van der Waals surface area contributed by atoms with Crippen molar-refractivity contribution in [1.82, 2.24) is 15.0 Å². The first-order valence-corrected chi connectivity index (χ1v) is 4.14. The van der Waals surface area contributed by atoms with Gasteiger partial charge in [0.25, 0.3) is 5.78 Å². The third-order valence-corrected chi connectivity index (χ3v) is 1.89. The second-order valence-corrected chi connectivity index (χ2v) is 2.88. The second-order valence-electron chi connectivity index (χ2n) is 2.88. The van der Waals surface area contributed by atoms with E-state index in [2.05, 4.69) is 15.0 Å². The first-order valence-electron chi connectivity index (χ1n) is 4.14. The number of nitrogens with one attached hydrogen (secondary N) is 2. The lowest BCUT2D eigenvalue weighted by molar-refractivity contribution is -0.131. The number of carbonyl (C=O) groups excluding carboxylic acids is 1. The number of imidazole rings is 1. The average molecular weight is 205 g/mol. The van der Waals surface area contributed by atoms with Gasteiger partial charge in [0.2, 0.25) is 0 Å². The third kappa shape index (κ3) is 1.64. The van der Waals surface area contributed by atoms with Gasteiger partial charge in [0, 0.05) is 18.0 Å². The summed E-state index contributed by atoms with van der Waals surface area (Å²) in [5.41, 5.74) is 0.734. The minimum Gasteiger partial charge on any atom is -0.475 e. The molecule has 0 saturated heterocycles. The number of ketones is 1. The van der Waals surface area contributed by atoms with E-state index in [1.165, 1.54) is 6.20 Å². The fourth-order valence-corrected chi connectivity index (χ4v) is 1.17. The van der Waals surface area contributed by atoms with E-state index < -0.39 is 11.8 Å². The van der Waals surface area contributed by atoms with Crippen LogP contribution in [0.15, 0.2) is 24.7 Å². The topological polar surface area (TPSA) is 98.8 Å². The van der Waals surface area contributed by atoms with E-state index in [4.69, 9.17) is 5.11 Å². The van der Waals surface area contributed by atoms with E-state index in [0.29, 0.717) is 5.82 Å². The predicted octanol–water partition coefficient (Wildman–Crippen LogP) is 0.672. The van der Waals surface area contributed by atoms with Crippen molar-refractivity contribution in [1.29, 1.82) is 0 Å². The molecule has 0 spiro atoms. The van der Waals surface area contributed by atoms with Gasteiger partial charge >= 0.3 is 5.97 Å². The zero-order valence-electron chi connectivity index (χ0n) is 7.52. The summed E-state index contributed by atoms with van der Waals surface area (Å²) in [6.07, 6.45) is 4.60. The highest BCUT2D eigenvalue weighted by Crippen LogP contribution is 2.14. The number of nitrogens with zero attached hydrogens (tertiary/aromatic N) is 1. The largest absolute Gasteiger partial charge is 0.475 e. The molecule has 76 valence electrons. The lowest BCUT2D eigenvalue weighted by atomic mass is 10.3. The molecule has 2 aromatic heterocycles. The Morgan fingerprint density at radius 3 is 2.80 bits per heavy atom. The lowest BCUT2D eigenvalue weighted by Crippen LogP contribution is -2.12. The van der Waals surface area contributed by atoms with Crippen molar-refractivity contribution < 1.29 is 14.7 Å². The third-order valence-electron chi connectivity index (χ3n) is 1.89. The molecule has 15 heavy (non-hydrogen) atoms. The number of hydrogen-bond donors (Lipinski definition) is 3. The normalized spacial score (nSPS) is 10.1. The molecule has 2 rings (SSSR count). The van der Waals surface area contributed by atoms with Gasteiger partial charge in [-0.2, -0.15) is 0 Å². The number of hydrogen-bond acceptors (Lipinski definition) is 3. The molecule has 2 heterocycles. The average Bonchev–Trinajstić information content (AvgIpc) is 2.86. The standard InChI is InChI=1S/C9H7N3O3/c13-7(9(14)15)6-4-11-8(12-6)5-1-2-10-3-5/h1-4,10H,(H,11,12)(H,14,15). The van der Waals surface area contributed by atoms with E-state index in [0.717, 1.165) is 5.56 Å². The number of aromatic nitrogens is 3. The van der Waals surface area contributed by atoms with Crippen LogP contribution in [0.2, 0.25) is 0 Å². The molecule has 0 atom stereocenters. The molecule has 2 aromatic rings. The van der Waals surface area contributed by atoms with Crippen LogP contribution < -0.4 is 0 Å². The van der Waals surface area contributed by atoms with E-state index >= 15 is 0 Å².